The van der Waals surface area contributed by atoms with Crippen LogP contribution in [0.2, 0.25) is 0 Å². The fraction of sp³-hybridized carbons (Fsp3) is 0.208. The van der Waals surface area contributed by atoms with Gasteiger partial charge < -0.3 is 9.64 Å². The fourth-order valence-corrected chi connectivity index (χ4v) is 4.85. The predicted molar refractivity (Wildman–Crippen MR) is 119 cm³/mol. The standard InChI is InChI=1S/C24H19FN6O/c25-18-4-1-15(2-5-18)20-21(16-3-6-19-17(9-16)10-27-29-19)31-8-7-26-22(23(31)28-20)30-11-24(12-30)13-32-14-24/h1-10H,11-14H2,(H,27,29). The molecule has 0 aliphatic carbocycles. The molecule has 5 aromatic rings. The number of halogens is 1. The second-order valence-corrected chi connectivity index (χ2v) is 8.78. The van der Waals surface area contributed by atoms with E-state index in [1.165, 1.54) is 12.1 Å². The third-order valence-corrected chi connectivity index (χ3v) is 6.52. The molecule has 0 unspecified atom stereocenters. The zero-order chi connectivity index (χ0) is 21.3. The molecular weight excluding hydrogens is 407 g/mol. The molecule has 7 nitrogen and oxygen atoms in total. The quantitative estimate of drug-likeness (QED) is 0.474. The van der Waals surface area contributed by atoms with E-state index in [4.69, 9.17) is 9.72 Å². The highest BCUT2D eigenvalue weighted by molar-refractivity contribution is 5.90. The van der Waals surface area contributed by atoms with Crippen molar-refractivity contribution in [1.29, 1.82) is 0 Å². The van der Waals surface area contributed by atoms with E-state index >= 15 is 0 Å². The van der Waals surface area contributed by atoms with Gasteiger partial charge in [-0.25, -0.2) is 14.4 Å². The number of aromatic amines is 1. The van der Waals surface area contributed by atoms with Gasteiger partial charge in [0.2, 0.25) is 0 Å². The molecule has 32 heavy (non-hydrogen) atoms. The molecule has 5 heterocycles. The Morgan fingerprint density at radius 1 is 1.03 bits per heavy atom. The summed E-state index contributed by atoms with van der Waals surface area (Å²) in [5.41, 5.74) is 5.65. The van der Waals surface area contributed by atoms with E-state index in [1.54, 1.807) is 12.1 Å². The van der Waals surface area contributed by atoms with Gasteiger partial charge in [-0.2, -0.15) is 5.10 Å². The molecule has 158 valence electrons. The van der Waals surface area contributed by atoms with Gasteiger partial charge in [-0.15, -0.1) is 0 Å². The molecular formula is C24H19FN6O. The number of imidazole rings is 1. The highest BCUT2D eigenvalue weighted by Gasteiger charge is 2.50. The van der Waals surface area contributed by atoms with Crippen LogP contribution in [0.5, 0.6) is 0 Å². The highest BCUT2D eigenvalue weighted by Crippen LogP contribution is 2.42. The number of nitrogens with zero attached hydrogens (tertiary/aromatic N) is 5. The number of hydrogen-bond acceptors (Lipinski definition) is 5. The topological polar surface area (TPSA) is 71.3 Å². The minimum Gasteiger partial charge on any atom is -0.380 e. The summed E-state index contributed by atoms with van der Waals surface area (Å²) in [7, 11) is 0. The Balaban J connectivity index is 1.44. The van der Waals surface area contributed by atoms with Crippen molar-refractivity contribution in [2.45, 2.75) is 0 Å². The fourth-order valence-electron chi connectivity index (χ4n) is 4.85. The summed E-state index contributed by atoms with van der Waals surface area (Å²) in [5.74, 6) is 0.596. The molecule has 2 fully saturated rings. The molecule has 0 atom stereocenters. The summed E-state index contributed by atoms with van der Waals surface area (Å²) in [6.07, 6.45) is 5.57. The van der Waals surface area contributed by atoms with Crippen molar-refractivity contribution < 1.29 is 9.13 Å². The third-order valence-electron chi connectivity index (χ3n) is 6.52. The van der Waals surface area contributed by atoms with Crippen molar-refractivity contribution in [1.82, 2.24) is 24.6 Å². The van der Waals surface area contributed by atoms with E-state index in [-0.39, 0.29) is 11.2 Å². The normalized spacial score (nSPS) is 17.1. The maximum atomic E-state index is 13.6. The van der Waals surface area contributed by atoms with Crippen LogP contribution in [0.15, 0.2) is 61.1 Å². The summed E-state index contributed by atoms with van der Waals surface area (Å²) in [6.45, 7) is 3.49. The average molecular weight is 426 g/mol. The highest BCUT2D eigenvalue weighted by atomic mass is 19.1. The van der Waals surface area contributed by atoms with Crippen molar-refractivity contribution in [2.75, 3.05) is 31.2 Å². The zero-order valence-electron chi connectivity index (χ0n) is 17.1. The molecule has 2 aliphatic rings. The van der Waals surface area contributed by atoms with Crippen LogP contribution in [0.1, 0.15) is 0 Å². The average Bonchev–Trinajstić information content (AvgIpc) is 3.36. The Hall–Kier alpha value is -3.78. The molecule has 0 bridgehead atoms. The lowest BCUT2D eigenvalue weighted by Gasteiger charge is -2.55. The predicted octanol–water partition coefficient (Wildman–Crippen LogP) is 3.92. The zero-order valence-corrected chi connectivity index (χ0v) is 17.1. The molecule has 3 aromatic heterocycles. The molecule has 2 saturated heterocycles. The van der Waals surface area contributed by atoms with Crippen molar-refractivity contribution in [3.05, 3.63) is 66.9 Å². The molecule has 1 spiro atoms. The summed E-state index contributed by atoms with van der Waals surface area (Å²) in [6, 6.07) is 12.7. The maximum Gasteiger partial charge on any atom is 0.181 e. The minimum absolute atomic E-state index is 0.269. The smallest absolute Gasteiger partial charge is 0.181 e. The van der Waals surface area contributed by atoms with Crippen LogP contribution in [0.3, 0.4) is 0 Å². The van der Waals surface area contributed by atoms with Crippen LogP contribution in [-0.2, 0) is 4.74 Å². The molecule has 7 rings (SSSR count). The second-order valence-electron chi connectivity index (χ2n) is 8.78. The number of H-pyrrole nitrogens is 1. The summed E-state index contributed by atoms with van der Waals surface area (Å²) in [4.78, 5) is 12.0. The van der Waals surface area contributed by atoms with Gasteiger partial charge in [0.1, 0.15) is 5.82 Å². The largest absolute Gasteiger partial charge is 0.380 e. The molecule has 0 amide bonds. The second kappa shape index (κ2) is 6.37. The van der Waals surface area contributed by atoms with Crippen LogP contribution >= 0.6 is 0 Å². The van der Waals surface area contributed by atoms with Crippen molar-refractivity contribution in [3.63, 3.8) is 0 Å². The van der Waals surface area contributed by atoms with Gasteiger partial charge in [0.25, 0.3) is 0 Å². The molecule has 0 radical (unpaired) electrons. The van der Waals surface area contributed by atoms with Gasteiger partial charge in [0.05, 0.1) is 41.7 Å². The van der Waals surface area contributed by atoms with Gasteiger partial charge in [-0.05, 0) is 36.4 Å². The van der Waals surface area contributed by atoms with Crippen LogP contribution in [0.4, 0.5) is 10.2 Å². The first-order valence-corrected chi connectivity index (χ1v) is 10.6. The Labute approximate surface area is 182 Å². The maximum absolute atomic E-state index is 13.6. The summed E-state index contributed by atoms with van der Waals surface area (Å²) in [5, 5.41) is 8.16. The lowest BCUT2D eigenvalue weighted by atomic mass is 9.78. The van der Waals surface area contributed by atoms with E-state index in [0.29, 0.717) is 0 Å². The Kier molecular flexibility index (Phi) is 3.55. The number of anilines is 1. The Morgan fingerprint density at radius 2 is 1.84 bits per heavy atom. The first kappa shape index (κ1) is 17.9. The number of ether oxygens (including phenoxy) is 1. The Bertz CT molecular complexity index is 1480. The SMILES string of the molecule is Fc1ccc(-c2nc3c(N4CC5(COC5)C4)nccn3c2-c2ccc3[nH]ncc3c2)cc1. The minimum atomic E-state index is -0.269. The van der Waals surface area contributed by atoms with E-state index in [2.05, 4.69) is 36.6 Å². The molecule has 1 N–H and O–H groups in total. The van der Waals surface area contributed by atoms with Crippen LogP contribution in [0.25, 0.3) is 39.1 Å². The third kappa shape index (κ3) is 2.53. The lowest BCUT2D eigenvalue weighted by molar-refractivity contribution is -0.127. The van der Waals surface area contributed by atoms with Gasteiger partial charge in [0, 0.05) is 42.0 Å². The van der Waals surface area contributed by atoms with Gasteiger partial charge in [0.15, 0.2) is 11.5 Å². The number of nitrogens with one attached hydrogen (secondary N) is 1. The van der Waals surface area contributed by atoms with E-state index in [9.17, 15) is 4.39 Å². The van der Waals surface area contributed by atoms with Gasteiger partial charge in [-0.3, -0.25) is 9.50 Å². The molecule has 8 heteroatoms. The monoisotopic (exact) mass is 426 g/mol. The van der Waals surface area contributed by atoms with Gasteiger partial charge >= 0.3 is 0 Å². The summed E-state index contributed by atoms with van der Waals surface area (Å²) < 4.78 is 21.2. The number of benzene rings is 2. The van der Waals surface area contributed by atoms with Crippen LogP contribution in [0, 0.1) is 11.2 Å². The van der Waals surface area contributed by atoms with Crippen LogP contribution in [-0.4, -0.2) is 50.9 Å². The van der Waals surface area contributed by atoms with Crippen LogP contribution < -0.4 is 4.90 Å². The first-order valence-electron chi connectivity index (χ1n) is 10.6. The van der Waals surface area contributed by atoms with E-state index in [1.807, 2.05) is 24.7 Å². The number of rotatable bonds is 3. The first-order chi connectivity index (χ1) is 15.7. The number of fused-ring (bicyclic) bond motifs is 2. The van der Waals surface area contributed by atoms with E-state index in [0.717, 1.165) is 71.2 Å². The van der Waals surface area contributed by atoms with Gasteiger partial charge in [-0.1, -0.05) is 6.07 Å². The summed E-state index contributed by atoms with van der Waals surface area (Å²) >= 11 is 0. The number of hydrogen-bond donors (Lipinski definition) is 1. The molecule has 0 saturated carbocycles. The van der Waals surface area contributed by atoms with Crippen molar-refractivity contribution in [3.8, 4) is 22.5 Å². The molecule has 2 aromatic carbocycles. The molecule has 2 aliphatic heterocycles. The van der Waals surface area contributed by atoms with Crippen molar-refractivity contribution >= 4 is 22.4 Å². The van der Waals surface area contributed by atoms with Crippen molar-refractivity contribution in [2.24, 2.45) is 5.41 Å². The Morgan fingerprint density at radius 3 is 2.62 bits per heavy atom. The lowest BCUT2D eigenvalue weighted by Crippen LogP contribution is -2.66. The number of aromatic nitrogens is 5. The van der Waals surface area contributed by atoms with E-state index < -0.39 is 0 Å².